The second-order valence-electron chi connectivity index (χ2n) is 4.37. The number of aromatic nitrogens is 2. The van der Waals surface area contributed by atoms with Gasteiger partial charge in [0.05, 0.1) is 5.39 Å². The first-order valence-electron chi connectivity index (χ1n) is 6.53. The van der Waals surface area contributed by atoms with Crippen LogP contribution in [0.1, 0.15) is 43.5 Å². The number of fused-ring (bicyclic) bond motifs is 1. The van der Waals surface area contributed by atoms with Gasteiger partial charge in [-0.05, 0) is 18.9 Å². The summed E-state index contributed by atoms with van der Waals surface area (Å²) in [6, 6.07) is 2.10. The van der Waals surface area contributed by atoms with E-state index in [1.807, 2.05) is 0 Å². The Labute approximate surface area is 117 Å². The highest BCUT2D eigenvalue weighted by molar-refractivity contribution is 7.18. The van der Waals surface area contributed by atoms with Gasteiger partial charge in [-0.1, -0.05) is 20.3 Å². The van der Waals surface area contributed by atoms with Crippen molar-refractivity contribution in [1.29, 1.82) is 0 Å². The Balaban J connectivity index is 2.51. The van der Waals surface area contributed by atoms with Crippen molar-refractivity contribution in [1.82, 2.24) is 9.97 Å². The van der Waals surface area contributed by atoms with Crippen LogP contribution in [-0.4, -0.2) is 17.1 Å². The number of methoxy groups -OCH3 is 1. The Morgan fingerprint density at radius 1 is 1.42 bits per heavy atom. The van der Waals surface area contributed by atoms with Crippen molar-refractivity contribution < 1.29 is 4.74 Å². The molecular formula is C13H20N4OS. The van der Waals surface area contributed by atoms with Crippen molar-refractivity contribution in [2.45, 2.75) is 39.2 Å². The number of thiophene rings is 1. The Morgan fingerprint density at radius 2 is 2.21 bits per heavy atom. The van der Waals surface area contributed by atoms with E-state index in [1.54, 1.807) is 18.4 Å². The van der Waals surface area contributed by atoms with Crippen LogP contribution in [-0.2, 0) is 11.2 Å². The van der Waals surface area contributed by atoms with Gasteiger partial charge in [-0.2, -0.15) is 0 Å². The number of rotatable bonds is 6. The van der Waals surface area contributed by atoms with Crippen molar-refractivity contribution in [3.05, 3.63) is 16.8 Å². The Morgan fingerprint density at radius 3 is 2.79 bits per heavy atom. The van der Waals surface area contributed by atoms with E-state index in [-0.39, 0.29) is 6.10 Å². The third kappa shape index (κ3) is 2.86. The smallest absolute Gasteiger partial charge is 0.161 e. The number of nitrogens with zero attached hydrogens (tertiary/aromatic N) is 2. The van der Waals surface area contributed by atoms with E-state index in [4.69, 9.17) is 10.6 Å². The van der Waals surface area contributed by atoms with E-state index >= 15 is 0 Å². The van der Waals surface area contributed by atoms with Gasteiger partial charge in [0.1, 0.15) is 10.9 Å². The molecule has 6 heteroatoms. The number of nitrogen functional groups attached to an aromatic ring is 1. The fraction of sp³-hybridized carbons (Fsp3) is 0.538. The maximum Gasteiger partial charge on any atom is 0.161 e. The molecule has 0 bridgehead atoms. The molecule has 2 heterocycles. The third-order valence-corrected chi connectivity index (χ3v) is 4.24. The fourth-order valence-corrected chi connectivity index (χ4v) is 3.00. The van der Waals surface area contributed by atoms with Crippen LogP contribution < -0.4 is 11.3 Å². The molecule has 2 aromatic heterocycles. The topological polar surface area (TPSA) is 73.1 Å². The van der Waals surface area contributed by atoms with E-state index in [0.717, 1.165) is 29.5 Å². The summed E-state index contributed by atoms with van der Waals surface area (Å²) in [5, 5.41) is 0.986. The van der Waals surface area contributed by atoms with Gasteiger partial charge < -0.3 is 10.2 Å². The quantitative estimate of drug-likeness (QED) is 0.628. The number of hydrazine groups is 1. The van der Waals surface area contributed by atoms with Gasteiger partial charge in [0.25, 0.3) is 0 Å². The molecule has 0 saturated carbocycles. The maximum absolute atomic E-state index is 5.57. The zero-order valence-electron chi connectivity index (χ0n) is 11.6. The van der Waals surface area contributed by atoms with Gasteiger partial charge in [0.15, 0.2) is 11.6 Å². The molecule has 0 aliphatic heterocycles. The van der Waals surface area contributed by atoms with Crippen molar-refractivity contribution in [2.75, 3.05) is 12.5 Å². The van der Waals surface area contributed by atoms with Crippen LogP contribution >= 0.6 is 11.3 Å². The average molecular weight is 280 g/mol. The molecule has 0 saturated heterocycles. The van der Waals surface area contributed by atoms with Crippen LogP contribution in [0, 0.1) is 0 Å². The number of ether oxygens (including phenoxy) is 1. The molecule has 0 fully saturated rings. The summed E-state index contributed by atoms with van der Waals surface area (Å²) in [6.45, 7) is 4.25. The first kappa shape index (κ1) is 14.2. The van der Waals surface area contributed by atoms with E-state index in [9.17, 15) is 0 Å². The number of aryl methyl sites for hydroxylation is 1. The monoisotopic (exact) mass is 280 g/mol. The summed E-state index contributed by atoms with van der Waals surface area (Å²) in [4.78, 5) is 11.4. The molecule has 0 aromatic carbocycles. The van der Waals surface area contributed by atoms with Gasteiger partial charge in [-0.3, -0.25) is 0 Å². The zero-order valence-corrected chi connectivity index (χ0v) is 12.4. The Bertz CT molecular complexity index is 555. The normalized spacial score (nSPS) is 12.8. The van der Waals surface area contributed by atoms with Crippen LogP contribution in [0.5, 0.6) is 0 Å². The average Bonchev–Trinajstić information content (AvgIpc) is 2.86. The van der Waals surface area contributed by atoms with Gasteiger partial charge in [0, 0.05) is 12.0 Å². The lowest BCUT2D eigenvalue weighted by Gasteiger charge is -2.14. The van der Waals surface area contributed by atoms with Crippen LogP contribution in [0.25, 0.3) is 10.2 Å². The molecule has 0 radical (unpaired) electrons. The van der Waals surface area contributed by atoms with Crippen LogP contribution in [0.2, 0.25) is 0 Å². The molecule has 3 N–H and O–H groups in total. The minimum atomic E-state index is -0.0753. The first-order valence-corrected chi connectivity index (χ1v) is 7.34. The van der Waals surface area contributed by atoms with Crippen molar-refractivity contribution in [3.8, 4) is 0 Å². The van der Waals surface area contributed by atoms with Crippen LogP contribution in [0.4, 0.5) is 5.82 Å². The SMILES string of the molecule is CCCC(OC)c1nc(NN)c2cc(CC)sc2n1. The minimum absolute atomic E-state index is 0.0753. The third-order valence-electron chi connectivity index (χ3n) is 3.07. The lowest BCUT2D eigenvalue weighted by atomic mass is 10.2. The molecule has 2 rings (SSSR count). The zero-order chi connectivity index (χ0) is 13.8. The van der Waals surface area contributed by atoms with Crippen molar-refractivity contribution >= 4 is 27.4 Å². The predicted octanol–water partition coefficient (Wildman–Crippen LogP) is 3.03. The van der Waals surface area contributed by atoms with Gasteiger partial charge >= 0.3 is 0 Å². The molecule has 104 valence electrons. The summed E-state index contributed by atoms with van der Waals surface area (Å²) < 4.78 is 5.47. The number of hydrogen-bond donors (Lipinski definition) is 2. The summed E-state index contributed by atoms with van der Waals surface area (Å²) in [5.74, 6) is 6.95. The van der Waals surface area contributed by atoms with E-state index in [0.29, 0.717) is 11.6 Å². The second-order valence-corrected chi connectivity index (χ2v) is 5.49. The van der Waals surface area contributed by atoms with Crippen molar-refractivity contribution in [2.24, 2.45) is 5.84 Å². The highest BCUT2D eigenvalue weighted by Crippen LogP contribution is 2.31. The number of nitrogens with one attached hydrogen (secondary N) is 1. The maximum atomic E-state index is 5.57. The summed E-state index contributed by atoms with van der Waals surface area (Å²) in [7, 11) is 1.69. The molecule has 1 atom stereocenters. The van der Waals surface area contributed by atoms with Gasteiger partial charge in [-0.25, -0.2) is 15.8 Å². The predicted molar refractivity (Wildman–Crippen MR) is 79.3 cm³/mol. The molecular weight excluding hydrogens is 260 g/mol. The molecule has 5 nitrogen and oxygen atoms in total. The molecule has 0 aliphatic rings. The molecule has 0 spiro atoms. The Hall–Kier alpha value is -1.24. The molecule has 0 aliphatic carbocycles. The van der Waals surface area contributed by atoms with E-state index in [1.165, 1.54) is 4.88 Å². The summed E-state index contributed by atoms with van der Waals surface area (Å²) in [5.41, 5.74) is 2.67. The lowest BCUT2D eigenvalue weighted by molar-refractivity contribution is 0.0881. The van der Waals surface area contributed by atoms with Crippen LogP contribution in [0.15, 0.2) is 6.07 Å². The molecule has 19 heavy (non-hydrogen) atoms. The molecule has 2 aromatic rings. The van der Waals surface area contributed by atoms with E-state index in [2.05, 4.69) is 35.3 Å². The lowest BCUT2D eigenvalue weighted by Crippen LogP contribution is -2.13. The van der Waals surface area contributed by atoms with E-state index < -0.39 is 0 Å². The summed E-state index contributed by atoms with van der Waals surface area (Å²) in [6.07, 6.45) is 2.84. The fourth-order valence-electron chi connectivity index (χ4n) is 2.03. The standard InChI is InChI=1S/C13H20N4OS/c1-4-6-10(18-3)12-15-11(17-14)9-7-8(5-2)19-13(9)16-12/h7,10H,4-6,14H2,1-3H3,(H,15,16,17). The molecule has 0 amide bonds. The first-order chi connectivity index (χ1) is 9.23. The molecule has 1 unspecified atom stereocenters. The highest BCUT2D eigenvalue weighted by Gasteiger charge is 2.17. The van der Waals surface area contributed by atoms with Crippen LogP contribution in [0.3, 0.4) is 0 Å². The number of anilines is 1. The minimum Gasteiger partial charge on any atom is -0.373 e. The van der Waals surface area contributed by atoms with Gasteiger partial charge in [0.2, 0.25) is 0 Å². The summed E-state index contributed by atoms with van der Waals surface area (Å²) >= 11 is 1.68. The highest BCUT2D eigenvalue weighted by atomic mass is 32.1. The number of nitrogens with two attached hydrogens (primary N) is 1. The largest absolute Gasteiger partial charge is 0.373 e. The number of hydrogen-bond acceptors (Lipinski definition) is 6. The second kappa shape index (κ2) is 6.27. The van der Waals surface area contributed by atoms with Gasteiger partial charge in [-0.15, -0.1) is 11.3 Å². The Kier molecular flexibility index (Phi) is 4.68. The van der Waals surface area contributed by atoms with Crippen molar-refractivity contribution in [3.63, 3.8) is 0 Å².